The summed E-state index contributed by atoms with van der Waals surface area (Å²) in [4.78, 5) is 18.5. The quantitative estimate of drug-likeness (QED) is 0.708. The Hall–Kier alpha value is -0.940. The van der Waals surface area contributed by atoms with E-state index in [1.54, 1.807) is 0 Å². The molecule has 0 aromatic heterocycles. The second-order valence-corrected chi connectivity index (χ2v) is 11.2. The number of hydrogen-bond donors (Lipinski definition) is 2. The molecule has 0 spiro atoms. The molecule has 0 unspecified atom stereocenters. The Bertz CT molecular complexity index is 688. The maximum atomic E-state index is 12.7. The monoisotopic (exact) mass is 402 g/mol. The van der Waals surface area contributed by atoms with Crippen molar-refractivity contribution in [2.75, 3.05) is 19.7 Å². The van der Waals surface area contributed by atoms with Gasteiger partial charge in [-0.2, -0.15) is 0 Å². The molecule has 5 rings (SSSR count). The average molecular weight is 403 g/mol. The fraction of sp³-hybridized carbons (Fsp3) is 0.917. The van der Waals surface area contributed by atoms with E-state index in [-0.39, 0.29) is 23.5 Å². The maximum Gasteiger partial charge on any atom is 0.141 e. The second-order valence-electron chi connectivity index (χ2n) is 11.2. The summed E-state index contributed by atoms with van der Waals surface area (Å²) < 4.78 is 0. The van der Waals surface area contributed by atoms with E-state index in [4.69, 9.17) is 4.84 Å². The van der Waals surface area contributed by atoms with Gasteiger partial charge in [0.15, 0.2) is 0 Å². The van der Waals surface area contributed by atoms with Gasteiger partial charge in [-0.3, -0.25) is 4.79 Å². The van der Waals surface area contributed by atoms with Gasteiger partial charge >= 0.3 is 0 Å². The van der Waals surface area contributed by atoms with Crippen LogP contribution >= 0.6 is 0 Å². The molecule has 1 aliphatic heterocycles. The Balaban J connectivity index is 1.37. The van der Waals surface area contributed by atoms with Gasteiger partial charge in [0, 0.05) is 31.4 Å². The molecule has 0 bridgehead atoms. The summed E-state index contributed by atoms with van der Waals surface area (Å²) in [6.07, 6.45) is 9.61. The maximum absolute atomic E-state index is 12.7. The highest BCUT2D eigenvalue weighted by Gasteiger charge is 2.61. The lowest BCUT2D eigenvalue weighted by molar-refractivity contribution is -0.145. The summed E-state index contributed by atoms with van der Waals surface area (Å²) in [5.74, 6) is 3.17. The predicted molar refractivity (Wildman–Crippen MR) is 112 cm³/mol. The molecule has 5 nitrogen and oxygen atoms in total. The lowest BCUT2D eigenvalue weighted by Crippen LogP contribution is -2.57. The molecule has 29 heavy (non-hydrogen) atoms. The van der Waals surface area contributed by atoms with E-state index in [0.29, 0.717) is 35.4 Å². The van der Waals surface area contributed by atoms with Gasteiger partial charge in [-0.05, 0) is 86.5 Å². The van der Waals surface area contributed by atoms with Crippen LogP contribution in [0.1, 0.15) is 71.6 Å². The van der Waals surface area contributed by atoms with Gasteiger partial charge < -0.3 is 15.3 Å². The molecule has 5 heteroatoms. The molecule has 162 valence electrons. The number of carbonyl (C=O) groups is 1. The summed E-state index contributed by atoms with van der Waals surface area (Å²) in [6, 6.07) is 0. The molecule has 1 saturated heterocycles. The van der Waals surface area contributed by atoms with E-state index in [0.717, 1.165) is 64.5 Å². The van der Waals surface area contributed by atoms with Crippen LogP contribution in [0.2, 0.25) is 0 Å². The minimum atomic E-state index is -0.0885. The molecule has 2 N–H and O–H groups in total. The van der Waals surface area contributed by atoms with Crippen molar-refractivity contribution in [2.24, 2.45) is 45.6 Å². The number of rotatable bonds is 3. The zero-order valence-corrected chi connectivity index (χ0v) is 18.2. The summed E-state index contributed by atoms with van der Waals surface area (Å²) in [7, 11) is 0. The summed E-state index contributed by atoms with van der Waals surface area (Å²) >= 11 is 0. The van der Waals surface area contributed by atoms with Crippen LogP contribution in [0.15, 0.2) is 5.16 Å². The molecule has 0 aromatic carbocycles. The van der Waals surface area contributed by atoms with Crippen LogP contribution in [0, 0.1) is 40.4 Å². The first-order chi connectivity index (χ1) is 14.0. The third-order valence-corrected chi connectivity index (χ3v) is 9.97. The number of nitrogens with one attached hydrogen (secondary N) is 1. The summed E-state index contributed by atoms with van der Waals surface area (Å²) in [5, 5.41) is 18.3. The Morgan fingerprint density at radius 2 is 2.00 bits per heavy atom. The molecule has 4 aliphatic carbocycles. The third-order valence-electron chi connectivity index (χ3n) is 9.97. The van der Waals surface area contributed by atoms with E-state index in [9.17, 15) is 9.90 Å². The van der Waals surface area contributed by atoms with Crippen LogP contribution in [-0.4, -0.2) is 42.4 Å². The Labute approximate surface area is 175 Å². The number of hydrogen-bond acceptors (Lipinski definition) is 5. The van der Waals surface area contributed by atoms with E-state index < -0.39 is 0 Å². The van der Waals surface area contributed by atoms with Gasteiger partial charge in [-0.25, -0.2) is 0 Å². The summed E-state index contributed by atoms with van der Waals surface area (Å²) in [6.45, 7) is 6.93. The number of ketones is 1. The zero-order chi connectivity index (χ0) is 20.2. The SMILES string of the molecule is C[C@]12CC/C(=N\O[C@@H]3CCNC3)C[C@@H]1[C@@H](CO)C[C@@H]1[C@@H]2CC[C@]2(C)C(=O)CC[C@@H]12. The molecular weight excluding hydrogens is 364 g/mol. The summed E-state index contributed by atoms with van der Waals surface area (Å²) in [5.41, 5.74) is 1.37. The number of aliphatic hydroxyl groups excluding tert-OH is 1. The molecule has 8 atom stereocenters. The molecule has 0 aromatic rings. The van der Waals surface area contributed by atoms with Crippen molar-refractivity contribution < 1.29 is 14.7 Å². The van der Waals surface area contributed by atoms with Crippen LogP contribution in [0.3, 0.4) is 0 Å². The van der Waals surface area contributed by atoms with Gasteiger partial charge in [0.25, 0.3) is 0 Å². The fourth-order valence-electron chi connectivity index (χ4n) is 8.23. The van der Waals surface area contributed by atoms with Gasteiger partial charge in [0.05, 0.1) is 5.71 Å². The van der Waals surface area contributed by atoms with Crippen molar-refractivity contribution in [3.63, 3.8) is 0 Å². The van der Waals surface area contributed by atoms with Crippen molar-refractivity contribution in [1.29, 1.82) is 0 Å². The molecule has 5 aliphatic rings. The first-order valence-electron chi connectivity index (χ1n) is 12.0. The highest BCUT2D eigenvalue weighted by atomic mass is 16.6. The van der Waals surface area contributed by atoms with E-state index in [2.05, 4.69) is 24.3 Å². The predicted octanol–water partition coefficient (Wildman–Crippen LogP) is 3.55. The van der Waals surface area contributed by atoms with Gasteiger partial charge in [0.1, 0.15) is 11.9 Å². The van der Waals surface area contributed by atoms with E-state index >= 15 is 0 Å². The minimum Gasteiger partial charge on any atom is -0.396 e. The lowest BCUT2D eigenvalue weighted by atomic mass is 9.43. The standard InChI is InChI=1S/C24H38N2O3/c1-23-8-5-16(26-29-17-7-10-25-13-17)12-21(23)15(14-27)11-18-19-3-4-22(28)24(19,2)9-6-20(18)23/h15,17-21,25,27H,3-14H2,1-2H3/b26-16+/t15-,17-,18+,19+,20+,21-,23-,24+/m1/s1. The van der Waals surface area contributed by atoms with Crippen molar-refractivity contribution >= 4 is 11.5 Å². The molecular formula is C24H38N2O3. The molecule has 1 heterocycles. The minimum absolute atomic E-state index is 0.0885. The number of aliphatic hydroxyl groups is 1. The average Bonchev–Trinajstić information content (AvgIpc) is 3.34. The van der Waals surface area contributed by atoms with Crippen molar-refractivity contribution in [3.8, 4) is 0 Å². The molecule has 0 radical (unpaired) electrons. The molecule has 5 fully saturated rings. The van der Waals surface area contributed by atoms with E-state index in [1.807, 2.05) is 0 Å². The largest absolute Gasteiger partial charge is 0.396 e. The second kappa shape index (κ2) is 7.33. The van der Waals surface area contributed by atoms with Crippen molar-refractivity contribution in [2.45, 2.75) is 77.7 Å². The van der Waals surface area contributed by atoms with Crippen molar-refractivity contribution in [3.05, 3.63) is 0 Å². The van der Waals surface area contributed by atoms with Gasteiger partial charge in [-0.15, -0.1) is 0 Å². The zero-order valence-electron chi connectivity index (χ0n) is 18.2. The lowest BCUT2D eigenvalue weighted by Gasteiger charge is -2.61. The van der Waals surface area contributed by atoms with Gasteiger partial charge in [0.2, 0.25) is 0 Å². The number of Topliss-reactive ketones (excluding diaryl/α,β-unsaturated/α-hetero) is 1. The number of fused-ring (bicyclic) bond motifs is 5. The number of carbonyl (C=O) groups excluding carboxylic acids is 1. The number of nitrogens with zero attached hydrogens (tertiary/aromatic N) is 1. The van der Waals surface area contributed by atoms with Crippen LogP contribution in [-0.2, 0) is 9.63 Å². The Kier molecular flexibility index (Phi) is 5.05. The van der Waals surface area contributed by atoms with Gasteiger partial charge in [-0.1, -0.05) is 19.0 Å². The van der Waals surface area contributed by atoms with Crippen molar-refractivity contribution in [1.82, 2.24) is 5.32 Å². The van der Waals surface area contributed by atoms with Crippen LogP contribution in [0.5, 0.6) is 0 Å². The molecule has 0 amide bonds. The number of oxime groups is 1. The first kappa shape index (κ1) is 20.0. The van der Waals surface area contributed by atoms with Crippen LogP contribution in [0.25, 0.3) is 0 Å². The molecule has 4 saturated carbocycles. The first-order valence-corrected chi connectivity index (χ1v) is 12.0. The Morgan fingerprint density at radius 3 is 2.76 bits per heavy atom. The highest BCUT2D eigenvalue weighted by Crippen LogP contribution is 2.66. The third kappa shape index (κ3) is 3.10. The normalized spacial score (nSPS) is 50.9. The van der Waals surface area contributed by atoms with E-state index in [1.165, 1.54) is 12.1 Å². The van der Waals surface area contributed by atoms with Crippen LogP contribution < -0.4 is 5.32 Å². The smallest absolute Gasteiger partial charge is 0.141 e. The Morgan fingerprint density at radius 1 is 1.14 bits per heavy atom. The van der Waals surface area contributed by atoms with Crippen LogP contribution in [0.4, 0.5) is 0 Å². The highest BCUT2D eigenvalue weighted by molar-refractivity contribution is 5.87. The topological polar surface area (TPSA) is 70.9 Å². The fourth-order valence-corrected chi connectivity index (χ4v) is 8.23.